The van der Waals surface area contributed by atoms with E-state index in [4.69, 9.17) is 4.74 Å². The molecule has 1 radical (unpaired) electrons. The first-order chi connectivity index (χ1) is 13.7. The van der Waals surface area contributed by atoms with E-state index in [0.29, 0.717) is 0 Å². The molecule has 3 nitrogen and oxygen atoms in total. The molecule has 28 heavy (non-hydrogen) atoms. The van der Waals surface area contributed by atoms with E-state index in [1.165, 1.54) is 27.8 Å². The van der Waals surface area contributed by atoms with E-state index in [1.807, 2.05) is 12.3 Å². The van der Waals surface area contributed by atoms with Crippen LogP contribution in [0.3, 0.4) is 0 Å². The van der Waals surface area contributed by atoms with Gasteiger partial charge in [-0.3, -0.25) is 9.88 Å². The summed E-state index contributed by atoms with van der Waals surface area (Å²) in [6, 6.07) is 20.5. The van der Waals surface area contributed by atoms with Crippen LogP contribution in [0.4, 0.5) is 0 Å². The molecule has 2 heterocycles. The van der Waals surface area contributed by atoms with E-state index in [9.17, 15) is 0 Å². The van der Waals surface area contributed by atoms with Crippen molar-refractivity contribution < 1.29 is 4.74 Å². The molecular formula is C25H25N2O. The second-order valence-electron chi connectivity index (χ2n) is 7.97. The molecule has 0 amide bonds. The lowest BCUT2D eigenvalue weighted by atomic mass is 9.99. The molecule has 0 saturated heterocycles. The minimum absolute atomic E-state index is 0.137. The van der Waals surface area contributed by atoms with E-state index in [2.05, 4.69) is 65.3 Å². The first-order valence-corrected chi connectivity index (χ1v) is 10.2. The maximum atomic E-state index is 6.38. The number of hydrogen-bond donors (Lipinski definition) is 0. The van der Waals surface area contributed by atoms with Gasteiger partial charge in [-0.2, -0.15) is 0 Å². The predicted octanol–water partition coefficient (Wildman–Crippen LogP) is 4.81. The molecule has 1 aliphatic carbocycles. The number of benzene rings is 2. The third-order valence-corrected chi connectivity index (χ3v) is 5.86. The van der Waals surface area contributed by atoms with Crippen molar-refractivity contribution in [3.05, 3.63) is 94.3 Å². The number of pyridine rings is 1. The lowest BCUT2D eigenvalue weighted by molar-refractivity contribution is 0.206. The van der Waals surface area contributed by atoms with Crippen molar-refractivity contribution in [1.29, 1.82) is 0 Å². The highest BCUT2D eigenvalue weighted by Crippen LogP contribution is 2.36. The van der Waals surface area contributed by atoms with Crippen LogP contribution in [0.15, 0.2) is 54.7 Å². The van der Waals surface area contributed by atoms with E-state index in [0.717, 1.165) is 50.3 Å². The Kier molecular flexibility index (Phi) is 4.61. The highest BCUT2D eigenvalue weighted by molar-refractivity contribution is 5.40. The van der Waals surface area contributed by atoms with Gasteiger partial charge in [-0.15, -0.1) is 0 Å². The maximum Gasteiger partial charge on any atom is 0.125 e. The van der Waals surface area contributed by atoms with Gasteiger partial charge in [0, 0.05) is 31.4 Å². The highest BCUT2D eigenvalue weighted by Gasteiger charge is 2.25. The Bertz CT molecular complexity index is 983. The van der Waals surface area contributed by atoms with E-state index in [1.54, 1.807) is 0 Å². The summed E-state index contributed by atoms with van der Waals surface area (Å²) < 4.78 is 6.38. The van der Waals surface area contributed by atoms with Crippen LogP contribution in [-0.2, 0) is 25.9 Å². The minimum atomic E-state index is 0.137. The van der Waals surface area contributed by atoms with Crippen LogP contribution < -0.4 is 4.74 Å². The van der Waals surface area contributed by atoms with Crippen molar-refractivity contribution in [2.24, 2.45) is 0 Å². The summed E-state index contributed by atoms with van der Waals surface area (Å²) in [6.07, 6.45) is 5.20. The Morgan fingerprint density at radius 2 is 2.07 bits per heavy atom. The number of ether oxygens (including phenoxy) is 1. The fraction of sp³-hybridized carbons (Fsp3) is 0.320. The maximum absolute atomic E-state index is 6.38. The minimum Gasteiger partial charge on any atom is -0.486 e. The van der Waals surface area contributed by atoms with Gasteiger partial charge in [0.25, 0.3) is 0 Å². The van der Waals surface area contributed by atoms with Gasteiger partial charge < -0.3 is 4.74 Å². The van der Waals surface area contributed by atoms with Gasteiger partial charge >= 0.3 is 0 Å². The Morgan fingerprint density at radius 1 is 1.11 bits per heavy atom. The largest absolute Gasteiger partial charge is 0.486 e. The van der Waals surface area contributed by atoms with Crippen LogP contribution in [0.1, 0.15) is 46.0 Å². The molecule has 1 unspecified atom stereocenters. The Hall–Kier alpha value is -2.65. The van der Waals surface area contributed by atoms with Gasteiger partial charge in [0.05, 0.1) is 5.69 Å². The normalized spacial score (nSPS) is 18.5. The second-order valence-corrected chi connectivity index (χ2v) is 7.97. The van der Waals surface area contributed by atoms with Gasteiger partial charge in [-0.1, -0.05) is 29.8 Å². The molecule has 3 heteroatoms. The number of aryl methyl sites for hydroxylation is 2. The molecule has 0 saturated carbocycles. The van der Waals surface area contributed by atoms with Crippen molar-refractivity contribution in [3.8, 4) is 5.75 Å². The molecule has 0 spiro atoms. The monoisotopic (exact) mass is 369 g/mol. The van der Waals surface area contributed by atoms with Crippen LogP contribution in [0.25, 0.3) is 0 Å². The first-order valence-electron chi connectivity index (χ1n) is 10.2. The average molecular weight is 369 g/mol. The number of hydrogen-bond acceptors (Lipinski definition) is 3. The molecule has 5 rings (SSSR count). The molecule has 1 aromatic heterocycles. The summed E-state index contributed by atoms with van der Waals surface area (Å²) in [7, 11) is 0. The molecular weight excluding hydrogens is 344 g/mol. The highest BCUT2D eigenvalue weighted by atomic mass is 16.5. The summed E-state index contributed by atoms with van der Waals surface area (Å²) in [5.41, 5.74) is 7.88. The molecule has 1 atom stereocenters. The first kappa shape index (κ1) is 17.4. The third kappa shape index (κ3) is 3.55. The van der Waals surface area contributed by atoms with Crippen molar-refractivity contribution >= 4 is 0 Å². The molecule has 2 aromatic carbocycles. The molecule has 2 aliphatic rings. The van der Waals surface area contributed by atoms with Crippen LogP contribution in [0.5, 0.6) is 5.75 Å². The van der Waals surface area contributed by atoms with Gasteiger partial charge in [-0.05, 0) is 73.2 Å². The van der Waals surface area contributed by atoms with Crippen LogP contribution in [0, 0.1) is 13.0 Å². The van der Waals surface area contributed by atoms with E-state index >= 15 is 0 Å². The molecule has 141 valence electrons. The van der Waals surface area contributed by atoms with Crippen LogP contribution >= 0.6 is 0 Å². The second kappa shape index (κ2) is 7.40. The molecule has 0 fully saturated rings. The fourth-order valence-corrected chi connectivity index (χ4v) is 4.41. The predicted molar refractivity (Wildman–Crippen MR) is 110 cm³/mol. The van der Waals surface area contributed by atoms with E-state index < -0.39 is 0 Å². The Labute approximate surface area is 167 Å². The standard InChI is InChI=1S/C25H25N2O/c1-18-5-9-24-20(14-18)7-10-25(24)28-23-8-6-21-16-27(13-11-19(21)15-23)17-22-4-2-3-12-26-22/h2-6,8,12,14-15,25H,7,10-11,13,16-17H2,1H3. The van der Waals surface area contributed by atoms with Crippen molar-refractivity contribution in [2.75, 3.05) is 6.54 Å². The lowest BCUT2D eigenvalue weighted by Gasteiger charge is -2.29. The number of aromatic nitrogens is 1. The summed E-state index contributed by atoms with van der Waals surface area (Å²) >= 11 is 0. The Morgan fingerprint density at radius 3 is 2.96 bits per heavy atom. The van der Waals surface area contributed by atoms with Gasteiger partial charge in [0.2, 0.25) is 0 Å². The summed E-state index contributed by atoms with van der Waals surface area (Å²) in [5, 5.41) is 0. The fourth-order valence-electron chi connectivity index (χ4n) is 4.41. The third-order valence-electron chi connectivity index (χ3n) is 5.86. The van der Waals surface area contributed by atoms with Gasteiger partial charge in [0.15, 0.2) is 0 Å². The van der Waals surface area contributed by atoms with Crippen molar-refractivity contribution in [3.63, 3.8) is 0 Å². The zero-order valence-corrected chi connectivity index (χ0v) is 16.3. The summed E-state index contributed by atoms with van der Waals surface area (Å²) in [4.78, 5) is 6.93. The average Bonchev–Trinajstić information content (AvgIpc) is 3.10. The topological polar surface area (TPSA) is 25.4 Å². The zero-order valence-electron chi connectivity index (χ0n) is 16.3. The van der Waals surface area contributed by atoms with E-state index in [-0.39, 0.29) is 6.10 Å². The van der Waals surface area contributed by atoms with Crippen molar-refractivity contribution in [2.45, 2.75) is 45.4 Å². The molecule has 0 N–H and O–H groups in total. The molecule has 3 aromatic rings. The summed E-state index contributed by atoms with van der Waals surface area (Å²) in [6.45, 7) is 5.08. The van der Waals surface area contributed by atoms with Crippen LogP contribution in [-0.4, -0.2) is 16.4 Å². The van der Waals surface area contributed by atoms with Crippen LogP contribution in [0.2, 0.25) is 0 Å². The van der Waals surface area contributed by atoms with Gasteiger partial charge in [0.1, 0.15) is 11.9 Å². The quantitative estimate of drug-likeness (QED) is 0.660. The SMILES string of the molecule is Cc1c[c]c2c(c1)CCC2Oc1ccc2c(c1)CCN(Cc1ccccn1)C2. The van der Waals surface area contributed by atoms with Crippen molar-refractivity contribution in [1.82, 2.24) is 9.88 Å². The molecule has 1 aliphatic heterocycles. The summed E-state index contributed by atoms with van der Waals surface area (Å²) in [5.74, 6) is 0.990. The number of fused-ring (bicyclic) bond motifs is 2. The smallest absolute Gasteiger partial charge is 0.125 e. The number of nitrogens with zero attached hydrogens (tertiary/aromatic N) is 2. The Balaban J connectivity index is 1.28. The molecule has 0 bridgehead atoms. The zero-order chi connectivity index (χ0) is 18.9. The van der Waals surface area contributed by atoms with Gasteiger partial charge in [-0.25, -0.2) is 0 Å². The lowest BCUT2D eigenvalue weighted by Crippen LogP contribution is -2.30. The number of rotatable bonds is 4.